The number of aromatic carboxylic acids is 1. The van der Waals surface area contributed by atoms with Crippen molar-refractivity contribution in [2.75, 3.05) is 5.32 Å². The molecule has 0 fully saturated rings. The van der Waals surface area contributed by atoms with Gasteiger partial charge in [-0.25, -0.2) is 4.79 Å². The Hall–Kier alpha value is -2.28. The van der Waals surface area contributed by atoms with Gasteiger partial charge in [-0.15, -0.1) is 11.3 Å². The molecule has 0 radical (unpaired) electrons. The lowest BCUT2D eigenvalue weighted by Crippen LogP contribution is -2.13. The van der Waals surface area contributed by atoms with Crippen LogP contribution in [0.25, 0.3) is 0 Å². The van der Waals surface area contributed by atoms with E-state index in [1.165, 1.54) is 29.8 Å². The Bertz CT molecular complexity index is 610. The van der Waals surface area contributed by atoms with Crippen molar-refractivity contribution in [3.8, 4) is 0 Å². The highest BCUT2D eigenvalue weighted by molar-refractivity contribution is 7.16. The molecular weight excluding hydrogens is 266 g/mol. The van der Waals surface area contributed by atoms with Gasteiger partial charge in [-0.2, -0.15) is 10.2 Å². The summed E-state index contributed by atoms with van der Waals surface area (Å²) < 4.78 is 0. The summed E-state index contributed by atoms with van der Waals surface area (Å²) in [6.45, 7) is 1.93. The number of carbonyl (C=O) groups is 2. The lowest BCUT2D eigenvalue weighted by Gasteiger charge is -2.03. The van der Waals surface area contributed by atoms with E-state index in [1.54, 1.807) is 6.07 Å². The van der Waals surface area contributed by atoms with E-state index < -0.39 is 11.9 Å². The number of aromatic nitrogens is 2. The summed E-state index contributed by atoms with van der Waals surface area (Å²) in [5.41, 5.74) is 0.440. The summed E-state index contributed by atoms with van der Waals surface area (Å²) >= 11 is 1.26. The molecule has 7 heteroatoms. The van der Waals surface area contributed by atoms with Crippen LogP contribution in [0.4, 0.5) is 5.00 Å². The van der Waals surface area contributed by atoms with Crippen LogP contribution in [0, 0.1) is 0 Å². The highest BCUT2D eigenvalue weighted by Gasteiger charge is 2.17. The molecule has 0 unspecified atom stereocenters. The average Bonchev–Trinajstić information content (AvgIpc) is 2.83. The molecule has 0 aliphatic rings. The van der Waals surface area contributed by atoms with Crippen molar-refractivity contribution in [1.82, 2.24) is 10.2 Å². The van der Waals surface area contributed by atoms with E-state index in [-0.39, 0.29) is 5.56 Å². The van der Waals surface area contributed by atoms with Gasteiger partial charge >= 0.3 is 5.97 Å². The quantitative estimate of drug-likeness (QED) is 0.892. The van der Waals surface area contributed by atoms with E-state index in [0.29, 0.717) is 10.6 Å². The lowest BCUT2D eigenvalue weighted by molar-refractivity contribution is 0.0698. The van der Waals surface area contributed by atoms with Crippen molar-refractivity contribution in [1.29, 1.82) is 0 Å². The van der Waals surface area contributed by atoms with Gasteiger partial charge in [0.2, 0.25) is 0 Å². The molecule has 98 valence electrons. The Morgan fingerprint density at radius 1 is 1.42 bits per heavy atom. The zero-order valence-electron chi connectivity index (χ0n) is 10.1. The van der Waals surface area contributed by atoms with E-state index in [1.807, 2.05) is 6.92 Å². The number of nitrogens with one attached hydrogen (secondary N) is 1. The molecule has 19 heavy (non-hydrogen) atoms. The van der Waals surface area contributed by atoms with Gasteiger partial charge in [0.05, 0.1) is 23.5 Å². The summed E-state index contributed by atoms with van der Waals surface area (Å²) in [6.07, 6.45) is 3.45. The number of nitrogens with zero attached hydrogens (tertiary/aromatic N) is 2. The van der Waals surface area contributed by atoms with Gasteiger partial charge in [-0.05, 0) is 18.6 Å². The van der Waals surface area contributed by atoms with Gasteiger partial charge in [0.25, 0.3) is 5.91 Å². The van der Waals surface area contributed by atoms with E-state index in [4.69, 9.17) is 5.11 Å². The number of thiophene rings is 1. The predicted octanol–water partition coefficient (Wildman–Crippen LogP) is 2.05. The minimum absolute atomic E-state index is 0.109. The molecule has 6 nitrogen and oxygen atoms in total. The fraction of sp³-hybridized carbons (Fsp3) is 0.167. The van der Waals surface area contributed by atoms with Crippen LogP contribution in [0.2, 0.25) is 0 Å². The summed E-state index contributed by atoms with van der Waals surface area (Å²) in [5, 5.41) is 19.2. The van der Waals surface area contributed by atoms with Gasteiger partial charge in [-0.1, -0.05) is 6.92 Å². The van der Waals surface area contributed by atoms with Crippen LogP contribution in [0.5, 0.6) is 0 Å². The van der Waals surface area contributed by atoms with Crippen LogP contribution in [-0.2, 0) is 6.42 Å². The maximum atomic E-state index is 11.9. The predicted molar refractivity (Wildman–Crippen MR) is 70.6 cm³/mol. The van der Waals surface area contributed by atoms with Gasteiger partial charge < -0.3 is 10.4 Å². The second kappa shape index (κ2) is 5.57. The molecule has 2 heterocycles. The molecule has 2 rings (SSSR count). The van der Waals surface area contributed by atoms with E-state index in [9.17, 15) is 9.59 Å². The lowest BCUT2D eigenvalue weighted by atomic mass is 10.2. The number of carboxylic acid groups (broad SMARTS) is 1. The molecule has 2 aromatic heterocycles. The van der Waals surface area contributed by atoms with Gasteiger partial charge in [0.15, 0.2) is 0 Å². The second-order valence-electron chi connectivity index (χ2n) is 3.70. The molecule has 0 bridgehead atoms. The standard InChI is InChI=1S/C12H11N3O3S/c1-2-8-5-9(12(17)18)11(19-8)15-10(16)7-3-4-13-14-6-7/h3-6H,2H2,1H3,(H,15,16)(H,17,18). The molecule has 0 aliphatic heterocycles. The van der Waals surface area contributed by atoms with Crippen molar-refractivity contribution < 1.29 is 14.7 Å². The number of aryl methyl sites for hydroxylation is 1. The Morgan fingerprint density at radius 2 is 2.21 bits per heavy atom. The Labute approximate surface area is 113 Å². The molecule has 2 N–H and O–H groups in total. The van der Waals surface area contributed by atoms with Crippen LogP contribution in [0.15, 0.2) is 24.5 Å². The highest BCUT2D eigenvalue weighted by Crippen LogP contribution is 2.29. The molecule has 0 aromatic carbocycles. The van der Waals surface area contributed by atoms with Crippen LogP contribution in [0.1, 0.15) is 32.5 Å². The van der Waals surface area contributed by atoms with Gasteiger partial charge in [0.1, 0.15) is 5.00 Å². The number of anilines is 1. The third kappa shape index (κ3) is 2.94. The topological polar surface area (TPSA) is 92.2 Å². The summed E-state index contributed by atoms with van der Waals surface area (Å²) in [4.78, 5) is 23.9. The number of carboxylic acids is 1. The number of hydrogen-bond acceptors (Lipinski definition) is 5. The highest BCUT2D eigenvalue weighted by atomic mass is 32.1. The first-order valence-electron chi connectivity index (χ1n) is 5.56. The van der Waals surface area contributed by atoms with Gasteiger partial charge in [-0.3, -0.25) is 4.79 Å². The minimum Gasteiger partial charge on any atom is -0.478 e. The summed E-state index contributed by atoms with van der Waals surface area (Å²) in [7, 11) is 0. The number of amides is 1. The van der Waals surface area contributed by atoms with Gasteiger partial charge in [0, 0.05) is 4.88 Å². The molecule has 2 aromatic rings. The first-order chi connectivity index (χ1) is 9.11. The van der Waals surface area contributed by atoms with Crippen molar-refractivity contribution in [3.05, 3.63) is 40.5 Å². The summed E-state index contributed by atoms with van der Waals surface area (Å²) in [5.74, 6) is -1.46. The van der Waals surface area contributed by atoms with Crippen molar-refractivity contribution in [2.45, 2.75) is 13.3 Å². The van der Waals surface area contributed by atoms with Crippen LogP contribution in [-0.4, -0.2) is 27.2 Å². The molecule has 1 amide bonds. The smallest absolute Gasteiger partial charge is 0.338 e. The van der Waals surface area contributed by atoms with Crippen molar-refractivity contribution in [2.24, 2.45) is 0 Å². The fourth-order valence-electron chi connectivity index (χ4n) is 1.47. The maximum absolute atomic E-state index is 11.9. The zero-order chi connectivity index (χ0) is 13.8. The number of rotatable bonds is 4. The molecule has 0 saturated heterocycles. The third-order valence-corrected chi connectivity index (χ3v) is 3.63. The largest absolute Gasteiger partial charge is 0.478 e. The second-order valence-corrected chi connectivity index (χ2v) is 4.84. The Kier molecular flexibility index (Phi) is 3.86. The SMILES string of the molecule is CCc1cc(C(=O)O)c(NC(=O)c2ccnnc2)s1. The number of hydrogen-bond donors (Lipinski definition) is 2. The molecule has 0 spiro atoms. The molecular formula is C12H11N3O3S. The minimum atomic E-state index is -1.06. The molecule has 0 aliphatic carbocycles. The zero-order valence-corrected chi connectivity index (χ0v) is 10.9. The van der Waals surface area contributed by atoms with Crippen LogP contribution in [0.3, 0.4) is 0 Å². The van der Waals surface area contributed by atoms with E-state index in [2.05, 4.69) is 15.5 Å². The van der Waals surface area contributed by atoms with E-state index >= 15 is 0 Å². The average molecular weight is 277 g/mol. The van der Waals surface area contributed by atoms with Crippen molar-refractivity contribution >= 4 is 28.2 Å². The third-order valence-electron chi connectivity index (χ3n) is 2.44. The van der Waals surface area contributed by atoms with E-state index in [0.717, 1.165) is 11.3 Å². The molecule has 0 saturated carbocycles. The van der Waals surface area contributed by atoms with Crippen LogP contribution < -0.4 is 5.32 Å². The fourth-order valence-corrected chi connectivity index (χ4v) is 2.45. The molecule has 0 atom stereocenters. The first kappa shape index (κ1) is 13.2. The summed E-state index contributed by atoms with van der Waals surface area (Å²) in [6, 6.07) is 3.09. The van der Waals surface area contributed by atoms with Crippen LogP contribution >= 0.6 is 11.3 Å². The number of carbonyl (C=O) groups excluding carboxylic acids is 1. The Morgan fingerprint density at radius 3 is 2.79 bits per heavy atom. The Balaban J connectivity index is 2.26. The first-order valence-corrected chi connectivity index (χ1v) is 6.37. The monoisotopic (exact) mass is 277 g/mol. The van der Waals surface area contributed by atoms with Crippen molar-refractivity contribution in [3.63, 3.8) is 0 Å². The normalized spacial score (nSPS) is 10.2. The maximum Gasteiger partial charge on any atom is 0.338 e.